The minimum Gasteiger partial charge on any atom is -0.355 e. The molecule has 0 aromatic heterocycles. The maximum atomic E-state index is 12.4. The maximum Gasteiger partial charge on any atom is 0.247 e. The van der Waals surface area contributed by atoms with Gasteiger partial charge in [-0.3, -0.25) is 4.79 Å². The van der Waals surface area contributed by atoms with Crippen molar-refractivity contribution in [3.05, 3.63) is 36.0 Å². The van der Waals surface area contributed by atoms with Gasteiger partial charge in [-0.05, 0) is 56.0 Å². The molecular formula is C22H32N2O. The zero-order valence-corrected chi connectivity index (χ0v) is 15.5. The lowest BCUT2D eigenvalue weighted by atomic mass is 9.67. The molecule has 4 rings (SSSR count). The molecule has 2 unspecified atom stereocenters. The van der Waals surface area contributed by atoms with E-state index in [1.54, 1.807) is 7.05 Å². The summed E-state index contributed by atoms with van der Waals surface area (Å²) in [6, 6.07) is 0. The highest BCUT2D eigenvalue weighted by atomic mass is 16.1. The first-order valence-corrected chi connectivity index (χ1v) is 10.2. The van der Waals surface area contributed by atoms with Crippen LogP contribution in [0.15, 0.2) is 36.0 Å². The molecule has 2 fully saturated rings. The molecule has 0 bridgehead atoms. The number of nitrogens with one attached hydrogen (secondary N) is 1. The van der Waals surface area contributed by atoms with Gasteiger partial charge in [-0.2, -0.15) is 0 Å². The fourth-order valence-electron chi connectivity index (χ4n) is 5.68. The summed E-state index contributed by atoms with van der Waals surface area (Å²) >= 11 is 0. The summed E-state index contributed by atoms with van der Waals surface area (Å²) in [5.41, 5.74) is 1.19. The third kappa shape index (κ3) is 3.23. The van der Waals surface area contributed by atoms with E-state index in [0.717, 1.165) is 11.5 Å². The number of rotatable bonds is 3. The lowest BCUT2D eigenvalue weighted by Gasteiger charge is -2.44. The summed E-state index contributed by atoms with van der Waals surface area (Å²) in [5, 5.41) is 2.85. The van der Waals surface area contributed by atoms with Crippen LogP contribution in [-0.2, 0) is 4.79 Å². The number of hydrogen-bond donors (Lipinski definition) is 1. The normalized spacial score (nSPS) is 31.8. The standard InChI is InChI=1S/C22H32N2O/c1-23-21(25)19-15-22(20-10-6-5-9-18(19)20)11-13-24(14-12-22)16-17-7-3-2-4-8-17/h5-6,9-10,15,17-18,20H,2-4,7-8,11-14,16H2,1H3,(H,23,25). The molecule has 1 aliphatic heterocycles. The van der Waals surface area contributed by atoms with Gasteiger partial charge in [-0.15, -0.1) is 0 Å². The van der Waals surface area contributed by atoms with Crippen LogP contribution in [-0.4, -0.2) is 37.5 Å². The van der Waals surface area contributed by atoms with Crippen LogP contribution in [0.1, 0.15) is 44.9 Å². The third-order valence-corrected chi connectivity index (χ3v) is 7.12. The van der Waals surface area contributed by atoms with Crippen molar-refractivity contribution < 1.29 is 4.79 Å². The second kappa shape index (κ2) is 7.11. The Balaban J connectivity index is 1.45. The first-order chi connectivity index (χ1) is 12.2. The second-order valence-corrected chi connectivity index (χ2v) is 8.54. The van der Waals surface area contributed by atoms with Crippen molar-refractivity contribution in [3.63, 3.8) is 0 Å². The number of amides is 1. The molecule has 136 valence electrons. The van der Waals surface area contributed by atoms with Crippen LogP contribution in [0.3, 0.4) is 0 Å². The minimum atomic E-state index is 0.108. The Morgan fingerprint density at radius 2 is 1.88 bits per heavy atom. The largest absolute Gasteiger partial charge is 0.355 e. The zero-order chi connectivity index (χ0) is 17.3. The monoisotopic (exact) mass is 340 g/mol. The molecule has 1 saturated carbocycles. The Morgan fingerprint density at radius 1 is 1.16 bits per heavy atom. The van der Waals surface area contributed by atoms with Gasteiger partial charge in [0.15, 0.2) is 0 Å². The number of likely N-dealkylation sites (N-methyl/N-ethyl adjacent to an activating group) is 1. The van der Waals surface area contributed by atoms with Crippen LogP contribution in [0.4, 0.5) is 0 Å². The van der Waals surface area contributed by atoms with E-state index in [1.807, 2.05) is 0 Å². The third-order valence-electron chi connectivity index (χ3n) is 7.12. The van der Waals surface area contributed by atoms with Crippen LogP contribution >= 0.6 is 0 Å². The van der Waals surface area contributed by atoms with E-state index in [-0.39, 0.29) is 17.2 Å². The van der Waals surface area contributed by atoms with Crippen molar-refractivity contribution in [2.24, 2.45) is 23.2 Å². The van der Waals surface area contributed by atoms with E-state index in [1.165, 1.54) is 64.6 Å². The molecule has 1 spiro atoms. The van der Waals surface area contributed by atoms with Gasteiger partial charge in [0.25, 0.3) is 0 Å². The van der Waals surface area contributed by atoms with Gasteiger partial charge in [0.05, 0.1) is 0 Å². The highest BCUT2D eigenvalue weighted by Gasteiger charge is 2.49. The van der Waals surface area contributed by atoms with Crippen molar-refractivity contribution in [2.45, 2.75) is 44.9 Å². The van der Waals surface area contributed by atoms with Crippen LogP contribution in [0.5, 0.6) is 0 Å². The molecule has 3 nitrogen and oxygen atoms in total. The fraction of sp³-hybridized carbons (Fsp3) is 0.682. The lowest BCUT2D eigenvalue weighted by Crippen LogP contribution is -2.44. The number of hydrogen-bond acceptors (Lipinski definition) is 2. The zero-order valence-electron chi connectivity index (χ0n) is 15.5. The summed E-state index contributed by atoms with van der Waals surface area (Å²) in [6.45, 7) is 3.68. The first-order valence-electron chi connectivity index (χ1n) is 10.2. The molecule has 3 heteroatoms. The Labute approximate surface area is 152 Å². The summed E-state index contributed by atoms with van der Waals surface area (Å²) in [4.78, 5) is 15.1. The molecule has 2 atom stereocenters. The van der Waals surface area contributed by atoms with Crippen LogP contribution in [0, 0.1) is 23.2 Å². The predicted octanol–water partition coefficient (Wildman–Crippen LogP) is 3.69. The number of carbonyl (C=O) groups excluding carboxylic acids is 1. The number of likely N-dealkylation sites (tertiary alicyclic amines) is 1. The molecule has 1 heterocycles. The van der Waals surface area contributed by atoms with Gasteiger partial charge < -0.3 is 10.2 Å². The Kier molecular flexibility index (Phi) is 4.86. The molecule has 4 aliphatic rings. The molecule has 3 aliphatic carbocycles. The average Bonchev–Trinajstić information content (AvgIpc) is 2.99. The summed E-state index contributed by atoms with van der Waals surface area (Å²) in [6.07, 6.45) is 20.8. The van der Waals surface area contributed by atoms with Gasteiger partial charge >= 0.3 is 0 Å². The van der Waals surface area contributed by atoms with E-state index in [2.05, 4.69) is 40.6 Å². The van der Waals surface area contributed by atoms with Crippen molar-refractivity contribution in [2.75, 3.05) is 26.7 Å². The molecule has 0 aromatic rings. The molecule has 1 amide bonds. The molecule has 1 saturated heterocycles. The van der Waals surface area contributed by atoms with E-state index in [4.69, 9.17) is 0 Å². The smallest absolute Gasteiger partial charge is 0.247 e. The Bertz CT molecular complexity index is 589. The molecule has 0 radical (unpaired) electrons. The van der Waals surface area contributed by atoms with E-state index in [0.29, 0.717) is 5.92 Å². The summed E-state index contributed by atoms with van der Waals surface area (Å²) in [7, 11) is 1.75. The van der Waals surface area contributed by atoms with E-state index >= 15 is 0 Å². The summed E-state index contributed by atoms with van der Waals surface area (Å²) < 4.78 is 0. The van der Waals surface area contributed by atoms with E-state index < -0.39 is 0 Å². The SMILES string of the molecule is CNC(=O)C1=CC2(CCN(CC3CCCCC3)CC2)C2C=CC=CC12. The molecule has 1 N–H and O–H groups in total. The molecular weight excluding hydrogens is 308 g/mol. The van der Waals surface area contributed by atoms with Crippen molar-refractivity contribution >= 4 is 5.91 Å². The van der Waals surface area contributed by atoms with Gasteiger partial charge in [0, 0.05) is 25.1 Å². The second-order valence-electron chi connectivity index (χ2n) is 8.54. The highest BCUT2D eigenvalue weighted by Crippen LogP contribution is 2.53. The van der Waals surface area contributed by atoms with Gasteiger partial charge in [-0.1, -0.05) is 49.6 Å². The minimum absolute atomic E-state index is 0.108. The van der Waals surface area contributed by atoms with Crippen molar-refractivity contribution in [1.82, 2.24) is 10.2 Å². The first kappa shape index (κ1) is 17.1. The Hall–Kier alpha value is -1.35. The highest BCUT2D eigenvalue weighted by molar-refractivity contribution is 5.95. The van der Waals surface area contributed by atoms with Gasteiger partial charge in [0.2, 0.25) is 5.91 Å². The number of allylic oxidation sites excluding steroid dienone is 5. The maximum absolute atomic E-state index is 12.4. The fourth-order valence-corrected chi connectivity index (χ4v) is 5.68. The van der Waals surface area contributed by atoms with E-state index in [9.17, 15) is 4.79 Å². The lowest BCUT2D eigenvalue weighted by molar-refractivity contribution is -0.117. The average molecular weight is 341 g/mol. The van der Waals surface area contributed by atoms with Gasteiger partial charge in [0.1, 0.15) is 0 Å². The number of carbonyl (C=O) groups is 1. The summed E-state index contributed by atoms with van der Waals surface area (Å²) in [5.74, 6) is 1.78. The molecule has 25 heavy (non-hydrogen) atoms. The number of fused-ring (bicyclic) bond motifs is 2. The molecule has 0 aromatic carbocycles. The predicted molar refractivity (Wildman–Crippen MR) is 102 cm³/mol. The van der Waals surface area contributed by atoms with Crippen molar-refractivity contribution in [3.8, 4) is 0 Å². The number of piperidine rings is 1. The van der Waals surface area contributed by atoms with Crippen LogP contribution in [0.2, 0.25) is 0 Å². The van der Waals surface area contributed by atoms with Gasteiger partial charge in [-0.25, -0.2) is 0 Å². The van der Waals surface area contributed by atoms with Crippen LogP contribution < -0.4 is 5.32 Å². The quantitative estimate of drug-likeness (QED) is 0.850. The topological polar surface area (TPSA) is 32.3 Å². The number of nitrogens with zero attached hydrogens (tertiary/aromatic N) is 1. The van der Waals surface area contributed by atoms with Crippen molar-refractivity contribution in [1.29, 1.82) is 0 Å². The van der Waals surface area contributed by atoms with Crippen LogP contribution in [0.25, 0.3) is 0 Å². The Morgan fingerprint density at radius 3 is 2.60 bits per heavy atom.